The molecule has 5 heteroatoms. The summed E-state index contributed by atoms with van der Waals surface area (Å²) in [5, 5.41) is 4.41. The molecule has 0 spiro atoms. The summed E-state index contributed by atoms with van der Waals surface area (Å²) in [6.45, 7) is 6.19. The average Bonchev–Trinajstić information content (AvgIpc) is 2.85. The van der Waals surface area contributed by atoms with Crippen molar-refractivity contribution >= 4 is 17.0 Å². The fourth-order valence-corrected chi connectivity index (χ4v) is 2.70. The van der Waals surface area contributed by atoms with Gasteiger partial charge in [0.1, 0.15) is 0 Å². The zero-order chi connectivity index (χ0) is 12.0. The lowest BCUT2D eigenvalue weighted by atomic mass is 10.3. The van der Waals surface area contributed by atoms with Crippen molar-refractivity contribution in [3.8, 4) is 10.6 Å². The van der Waals surface area contributed by atoms with Crippen LogP contribution in [0, 0.1) is 20.8 Å². The molecule has 18 heavy (non-hydrogen) atoms. The Morgan fingerprint density at radius 1 is 1.11 bits per heavy atom. The molecule has 3 aromatic rings. The predicted octanol–water partition coefficient (Wildman–Crippen LogP) is 3.55. The van der Waals surface area contributed by atoms with Gasteiger partial charge in [0.2, 0.25) is 0 Å². The van der Waals surface area contributed by atoms with E-state index in [9.17, 15) is 0 Å². The number of aromatic nitrogens is 3. The van der Waals surface area contributed by atoms with Gasteiger partial charge in [0.25, 0.3) is 0 Å². The van der Waals surface area contributed by atoms with Crippen LogP contribution in [-0.4, -0.2) is 14.6 Å². The first-order valence-electron chi connectivity index (χ1n) is 5.54. The summed E-state index contributed by atoms with van der Waals surface area (Å²) in [5.74, 6) is 0. The molecule has 3 heterocycles. The molecule has 0 atom stereocenters. The van der Waals surface area contributed by atoms with Crippen molar-refractivity contribution in [2.24, 2.45) is 0 Å². The third kappa shape index (κ3) is 1.91. The Hall–Kier alpha value is -1.72. The first-order chi connectivity index (χ1) is 8.15. The smallest absolute Gasteiger partial charge is 0.158 e. The number of hydrogen-bond acceptors (Lipinski definition) is 4. The number of nitrogens with zero attached hydrogens (tertiary/aromatic N) is 3. The van der Waals surface area contributed by atoms with Crippen molar-refractivity contribution in [2.45, 2.75) is 20.8 Å². The van der Waals surface area contributed by atoms with Gasteiger partial charge in [0.15, 0.2) is 5.65 Å². The van der Waals surface area contributed by atoms with Crippen molar-refractivity contribution in [2.75, 3.05) is 0 Å². The van der Waals surface area contributed by atoms with Gasteiger partial charge in [-0.2, -0.15) is 5.10 Å². The second-order valence-electron chi connectivity index (χ2n) is 4.20. The Morgan fingerprint density at radius 3 is 2.56 bits per heavy atom. The maximum atomic E-state index is 4.69. The van der Waals surface area contributed by atoms with Crippen LogP contribution in [0.25, 0.3) is 16.2 Å². The van der Waals surface area contributed by atoms with Gasteiger partial charge in [-0.25, -0.2) is 9.50 Å². The second kappa shape index (κ2) is 4.51. The Labute approximate surface area is 110 Å². The minimum atomic E-state index is 0. The minimum absolute atomic E-state index is 0. The van der Waals surface area contributed by atoms with E-state index in [1.807, 2.05) is 23.7 Å². The topological polar surface area (TPSA) is 65.2 Å². The fourth-order valence-electron chi connectivity index (χ4n) is 1.86. The lowest BCUT2D eigenvalue weighted by Crippen LogP contribution is -1.91. The van der Waals surface area contributed by atoms with Gasteiger partial charge in [-0.3, -0.25) is 0 Å². The Morgan fingerprint density at radius 2 is 1.89 bits per heavy atom. The van der Waals surface area contributed by atoms with E-state index in [-0.39, 0.29) is 6.15 Å². The molecule has 0 amide bonds. The standard InChI is InChI=1S/C13H13N3S.H3N/c1-8-4-5-12(17-8)11-6-7-16-13(14-11)9(2)10(3)15-16;/h4-7H,1-3H3;1H3. The third-order valence-electron chi connectivity index (χ3n) is 2.95. The highest BCUT2D eigenvalue weighted by atomic mass is 32.1. The van der Waals surface area contributed by atoms with Crippen molar-refractivity contribution in [1.82, 2.24) is 20.7 Å². The second-order valence-corrected chi connectivity index (χ2v) is 5.49. The number of rotatable bonds is 1. The molecule has 4 nitrogen and oxygen atoms in total. The van der Waals surface area contributed by atoms with Crippen molar-refractivity contribution in [3.63, 3.8) is 0 Å². The first-order valence-corrected chi connectivity index (χ1v) is 6.36. The maximum absolute atomic E-state index is 4.69. The number of thiophene rings is 1. The third-order valence-corrected chi connectivity index (χ3v) is 3.97. The molecular formula is C13H16N4S. The van der Waals surface area contributed by atoms with Crippen LogP contribution in [0.15, 0.2) is 24.4 Å². The van der Waals surface area contributed by atoms with Crippen molar-refractivity contribution in [1.29, 1.82) is 0 Å². The zero-order valence-corrected chi connectivity index (χ0v) is 11.6. The maximum Gasteiger partial charge on any atom is 0.158 e. The number of aryl methyl sites for hydroxylation is 3. The Bertz CT molecular complexity index is 696. The van der Waals surface area contributed by atoms with Crippen LogP contribution < -0.4 is 6.15 Å². The molecule has 0 aromatic carbocycles. The summed E-state index contributed by atoms with van der Waals surface area (Å²) in [6.07, 6.45) is 1.98. The summed E-state index contributed by atoms with van der Waals surface area (Å²) in [4.78, 5) is 7.21. The quantitative estimate of drug-likeness (QED) is 0.727. The van der Waals surface area contributed by atoms with Crippen molar-refractivity contribution < 1.29 is 0 Å². The highest BCUT2D eigenvalue weighted by Gasteiger charge is 2.08. The minimum Gasteiger partial charge on any atom is -0.344 e. The van der Waals surface area contributed by atoms with Gasteiger partial charge < -0.3 is 6.15 Å². The molecule has 0 radical (unpaired) electrons. The lowest BCUT2D eigenvalue weighted by Gasteiger charge is -1.98. The summed E-state index contributed by atoms with van der Waals surface area (Å²) in [5.41, 5.74) is 4.17. The molecule has 0 unspecified atom stereocenters. The monoisotopic (exact) mass is 260 g/mol. The molecule has 0 fully saturated rings. The van der Waals surface area contributed by atoms with E-state index in [4.69, 9.17) is 4.98 Å². The van der Waals surface area contributed by atoms with Gasteiger partial charge in [-0.05, 0) is 39.0 Å². The van der Waals surface area contributed by atoms with E-state index in [2.05, 4.69) is 31.1 Å². The average molecular weight is 260 g/mol. The van der Waals surface area contributed by atoms with E-state index in [1.165, 1.54) is 9.75 Å². The largest absolute Gasteiger partial charge is 0.344 e. The summed E-state index contributed by atoms with van der Waals surface area (Å²) in [7, 11) is 0. The summed E-state index contributed by atoms with van der Waals surface area (Å²) in [6, 6.07) is 6.27. The fraction of sp³-hybridized carbons (Fsp3) is 0.231. The molecule has 3 N–H and O–H groups in total. The van der Waals surface area contributed by atoms with Gasteiger partial charge in [-0.1, -0.05) is 0 Å². The highest BCUT2D eigenvalue weighted by molar-refractivity contribution is 7.15. The van der Waals surface area contributed by atoms with Crippen LogP contribution in [0.4, 0.5) is 0 Å². The van der Waals surface area contributed by atoms with Crippen LogP contribution in [0.5, 0.6) is 0 Å². The van der Waals surface area contributed by atoms with E-state index in [0.29, 0.717) is 0 Å². The molecule has 0 saturated heterocycles. The molecule has 0 aliphatic heterocycles. The Balaban J connectivity index is 0.00000120. The van der Waals surface area contributed by atoms with Gasteiger partial charge in [0, 0.05) is 16.6 Å². The van der Waals surface area contributed by atoms with E-state index < -0.39 is 0 Å². The Kier molecular flexibility index (Phi) is 3.19. The molecule has 3 rings (SSSR count). The molecule has 3 aromatic heterocycles. The molecule has 94 valence electrons. The number of fused-ring (bicyclic) bond motifs is 1. The SMILES string of the molecule is Cc1ccc(-c2ccn3nc(C)c(C)c3n2)s1.N. The predicted molar refractivity (Wildman–Crippen MR) is 75.5 cm³/mol. The summed E-state index contributed by atoms with van der Waals surface area (Å²) < 4.78 is 1.84. The lowest BCUT2D eigenvalue weighted by molar-refractivity contribution is 0.918. The van der Waals surface area contributed by atoms with Crippen molar-refractivity contribution in [3.05, 3.63) is 40.5 Å². The molecule has 0 bridgehead atoms. The molecule has 0 aliphatic carbocycles. The molecule has 0 saturated carbocycles. The van der Waals surface area contributed by atoms with E-state index in [0.717, 1.165) is 22.6 Å². The van der Waals surface area contributed by atoms with E-state index in [1.54, 1.807) is 11.3 Å². The van der Waals surface area contributed by atoms with Gasteiger partial charge >= 0.3 is 0 Å². The van der Waals surface area contributed by atoms with Gasteiger partial charge in [0.05, 0.1) is 16.3 Å². The molecule has 0 aliphatic rings. The van der Waals surface area contributed by atoms with Crippen LogP contribution in [0.1, 0.15) is 16.1 Å². The zero-order valence-electron chi connectivity index (χ0n) is 10.8. The van der Waals surface area contributed by atoms with Crippen LogP contribution in [-0.2, 0) is 0 Å². The van der Waals surface area contributed by atoms with E-state index >= 15 is 0 Å². The van der Waals surface area contributed by atoms with Gasteiger partial charge in [-0.15, -0.1) is 11.3 Å². The van der Waals surface area contributed by atoms with Crippen LogP contribution >= 0.6 is 11.3 Å². The molecular weight excluding hydrogens is 244 g/mol. The first kappa shape index (κ1) is 12.7. The van der Waals surface area contributed by atoms with Crippen LogP contribution in [0.2, 0.25) is 0 Å². The highest BCUT2D eigenvalue weighted by Crippen LogP contribution is 2.26. The van der Waals surface area contributed by atoms with Crippen LogP contribution in [0.3, 0.4) is 0 Å². The number of hydrogen-bond donors (Lipinski definition) is 1. The normalized spacial score (nSPS) is 10.6. The summed E-state index contributed by atoms with van der Waals surface area (Å²) >= 11 is 1.77.